The summed E-state index contributed by atoms with van der Waals surface area (Å²) in [5.41, 5.74) is 0. The Kier molecular flexibility index (Phi) is 6.16. The fourth-order valence-corrected chi connectivity index (χ4v) is 3.16. The maximum absolute atomic E-state index is 11.7. The van der Waals surface area contributed by atoms with Gasteiger partial charge in [-0.25, -0.2) is 0 Å². The van der Waals surface area contributed by atoms with Crippen molar-refractivity contribution in [2.45, 2.75) is 32.3 Å². The lowest BCUT2D eigenvalue weighted by molar-refractivity contribution is -0.150. The van der Waals surface area contributed by atoms with E-state index in [9.17, 15) is 9.90 Å². The Hall–Kier alpha value is -0.390. The highest BCUT2D eigenvalue weighted by Gasteiger charge is 2.29. The minimum absolute atomic E-state index is 0.338. The van der Waals surface area contributed by atoms with Crippen molar-refractivity contribution in [2.75, 3.05) is 7.11 Å². The Balaban J connectivity index is 2.78. The molecular formula is C12H17BrO3S. The highest BCUT2D eigenvalue weighted by Crippen LogP contribution is 2.33. The van der Waals surface area contributed by atoms with E-state index in [1.807, 2.05) is 11.4 Å². The van der Waals surface area contributed by atoms with Crippen LogP contribution in [0, 0.1) is 5.92 Å². The van der Waals surface area contributed by atoms with Crippen LogP contribution in [0.2, 0.25) is 0 Å². The van der Waals surface area contributed by atoms with Gasteiger partial charge in [0.25, 0.3) is 0 Å². The van der Waals surface area contributed by atoms with Crippen molar-refractivity contribution in [3.63, 3.8) is 0 Å². The lowest BCUT2D eigenvalue weighted by Crippen LogP contribution is -2.23. The van der Waals surface area contributed by atoms with Gasteiger partial charge < -0.3 is 9.84 Å². The van der Waals surface area contributed by atoms with E-state index in [2.05, 4.69) is 22.9 Å². The normalized spacial score (nSPS) is 14.4. The number of ether oxygens (including phenoxy) is 1. The number of esters is 1. The summed E-state index contributed by atoms with van der Waals surface area (Å²) in [5, 5.41) is 12.1. The van der Waals surface area contributed by atoms with Gasteiger partial charge in [0.15, 0.2) is 0 Å². The minimum Gasteiger partial charge on any atom is -0.469 e. The van der Waals surface area contributed by atoms with E-state index < -0.39 is 12.0 Å². The maximum Gasteiger partial charge on any atom is 0.311 e. The van der Waals surface area contributed by atoms with Crippen LogP contribution in [0.15, 0.2) is 15.9 Å². The minimum atomic E-state index is -0.773. The van der Waals surface area contributed by atoms with Crippen LogP contribution in [0.4, 0.5) is 0 Å². The number of carbonyl (C=O) groups excluding carboxylic acids is 1. The summed E-state index contributed by atoms with van der Waals surface area (Å²) in [6.45, 7) is 2.06. The molecule has 2 atom stereocenters. The van der Waals surface area contributed by atoms with E-state index in [1.54, 1.807) is 0 Å². The summed E-state index contributed by atoms with van der Waals surface area (Å²) in [6.07, 6.45) is 1.78. The molecule has 1 heterocycles. The second-order valence-electron chi connectivity index (χ2n) is 3.88. The van der Waals surface area contributed by atoms with E-state index in [4.69, 9.17) is 4.74 Å². The van der Waals surface area contributed by atoms with Crippen LogP contribution in [0.25, 0.3) is 0 Å². The number of rotatable bonds is 6. The highest BCUT2D eigenvalue weighted by atomic mass is 79.9. The number of halogens is 1. The molecule has 0 aliphatic carbocycles. The molecule has 1 rings (SSSR count). The molecule has 0 aromatic carbocycles. The first-order valence-corrected chi connectivity index (χ1v) is 7.27. The molecule has 0 aliphatic rings. The Labute approximate surface area is 114 Å². The number of hydrogen-bond acceptors (Lipinski definition) is 4. The number of carbonyl (C=O) groups is 1. The molecule has 0 amide bonds. The molecular weight excluding hydrogens is 304 g/mol. The zero-order chi connectivity index (χ0) is 12.8. The first kappa shape index (κ1) is 14.7. The molecule has 0 aliphatic heterocycles. The van der Waals surface area contributed by atoms with Crippen LogP contribution >= 0.6 is 27.3 Å². The van der Waals surface area contributed by atoms with Crippen molar-refractivity contribution in [1.29, 1.82) is 0 Å². The lowest BCUT2D eigenvalue weighted by atomic mass is 9.95. The van der Waals surface area contributed by atoms with Crippen LogP contribution in [0.1, 0.15) is 37.2 Å². The summed E-state index contributed by atoms with van der Waals surface area (Å²) >= 11 is 4.78. The Morgan fingerprint density at radius 1 is 1.65 bits per heavy atom. The number of unbranched alkanes of at least 4 members (excludes halogenated alkanes) is 1. The van der Waals surface area contributed by atoms with E-state index in [1.165, 1.54) is 18.4 Å². The summed E-state index contributed by atoms with van der Waals surface area (Å²) in [7, 11) is 1.36. The van der Waals surface area contributed by atoms with Crippen molar-refractivity contribution in [1.82, 2.24) is 0 Å². The topological polar surface area (TPSA) is 46.5 Å². The zero-order valence-corrected chi connectivity index (χ0v) is 12.4. The van der Waals surface area contributed by atoms with Crippen molar-refractivity contribution >= 4 is 33.2 Å². The average Bonchev–Trinajstić information content (AvgIpc) is 2.75. The first-order chi connectivity index (χ1) is 8.10. The van der Waals surface area contributed by atoms with E-state index in [-0.39, 0.29) is 5.97 Å². The molecule has 1 aromatic heterocycles. The van der Waals surface area contributed by atoms with Crippen molar-refractivity contribution in [2.24, 2.45) is 5.92 Å². The zero-order valence-electron chi connectivity index (χ0n) is 9.98. The number of thiophene rings is 1. The summed E-state index contributed by atoms with van der Waals surface area (Å²) < 4.78 is 5.68. The van der Waals surface area contributed by atoms with Crippen LogP contribution in [0.5, 0.6) is 0 Å². The average molecular weight is 321 g/mol. The van der Waals surface area contributed by atoms with Gasteiger partial charge in [-0.1, -0.05) is 19.8 Å². The van der Waals surface area contributed by atoms with Gasteiger partial charge in [-0.05, 0) is 28.4 Å². The highest BCUT2D eigenvalue weighted by molar-refractivity contribution is 9.10. The van der Waals surface area contributed by atoms with E-state index in [0.29, 0.717) is 6.42 Å². The second kappa shape index (κ2) is 7.13. The molecule has 1 aromatic rings. The van der Waals surface area contributed by atoms with Crippen molar-refractivity contribution < 1.29 is 14.6 Å². The third-order valence-electron chi connectivity index (χ3n) is 2.63. The third kappa shape index (κ3) is 4.08. The molecule has 0 spiro atoms. The van der Waals surface area contributed by atoms with Gasteiger partial charge in [0.2, 0.25) is 0 Å². The SMILES string of the molecule is CCCCC(C(=O)OC)C(O)c1cc(Br)cs1. The standard InChI is InChI=1S/C12H17BrO3S/c1-3-4-5-9(12(15)16-2)11(14)10-6-8(13)7-17-10/h6-7,9,11,14H,3-5H2,1-2H3. The molecule has 1 N–H and O–H groups in total. The summed E-state index contributed by atoms with van der Waals surface area (Å²) in [6, 6.07) is 1.84. The Bertz CT molecular complexity index is 364. The predicted molar refractivity (Wildman–Crippen MR) is 72.0 cm³/mol. The molecule has 96 valence electrons. The quantitative estimate of drug-likeness (QED) is 0.816. The number of aliphatic hydroxyl groups excluding tert-OH is 1. The molecule has 17 heavy (non-hydrogen) atoms. The molecule has 2 unspecified atom stereocenters. The monoisotopic (exact) mass is 320 g/mol. The van der Waals surface area contributed by atoms with Gasteiger partial charge >= 0.3 is 5.97 Å². The van der Waals surface area contributed by atoms with Gasteiger partial charge in [-0.2, -0.15) is 0 Å². The maximum atomic E-state index is 11.7. The summed E-state index contributed by atoms with van der Waals surface area (Å²) in [5.74, 6) is -0.805. The van der Waals surface area contributed by atoms with Crippen LogP contribution < -0.4 is 0 Å². The smallest absolute Gasteiger partial charge is 0.311 e. The molecule has 0 saturated heterocycles. The fraction of sp³-hybridized carbons (Fsp3) is 0.583. The van der Waals surface area contributed by atoms with Crippen molar-refractivity contribution in [3.8, 4) is 0 Å². The van der Waals surface area contributed by atoms with Crippen LogP contribution in [-0.2, 0) is 9.53 Å². The van der Waals surface area contributed by atoms with E-state index >= 15 is 0 Å². The van der Waals surface area contributed by atoms with E-state index in [0.717, 1.165) is 22.2 Å². The molecule has 0 fully saturated rings. The van der Waals surface area contributed by atoms with Crippen molar-refractivity contribution in [3.05, 3.63) is 20.8 Å². The fourth-order valence-electron chi connectivity index (χ4n) is 1.66. The Morgan fingerprint density at radius 2 is 2.35 bits per heavy atom. The van der Waals surface area contributed by atoms with Gasteiger partial charge in [0.05, 0.1) is 13.0 Å². The van der Waals surface area contributed by atoms with Crippen LogP contribution in [-0.4, -0.2) is 18.2 Å². The van der Waals surface area contributed by atoms with Gasteiger partial charge in [-0.3, -0.25) is 4.79 Å². The molecule has 0 radical (unpaired) electrons. The predicted octanol–water partition coefficient (Wildman–Crippen LogP) is 3.52. The molecule has 3 nitrogen and oxygen atoms in total. The number of aliphatic hydroxyl groups is 1. The Morgan fingerprint density at radius 3 is 2.82 bits per heavy atom. The molecule has 5 heteroatoms. The first-order valence-electron chi connectivity index (χ1n) is 5.60. The van der Waals surface area contributed by atoms with Gasteiger partial charge in [-0.15, -0.1) is 11.3 Å². The number of hydrogen-bond donors (Lipinski definition) is 1. The molecule has 0 bridgehead atoms. The molecule has 0 saturated carbocycles. The second-order valence-corrected chi connectivity index (χ2v) is 5.74. The lowest BCUT2D eigenvalue weighted by Gasteiger charge is -2.19. The summed E-state index contributed by atoms with van der Waals surface area (Å²) in [4.78, 5) is 12.4. The van der Waals surface area contributed by atoms with Gasteiger partial charge in [0.1, 0.15) is 6.10 Å². The van der Waals surface area contributed by atoms with Crippen LogP contribution in [0.3, 0.4) is 0 Å². The third-order valence-corrected chi connectivity index (χ3v) is 4.40. The largest absolute Gasteiger partial charge is 0.469 e. The van der Waals surface area contributed by atoms with Gasteiger partial charge in [0, 0.05) is 14.7 Å². The number of methoxy groups -OCH3 is 1.